The zero-order valence-corrected chi connectivity index (χ0v) is 15.8. The number of rotatable bonds is 5. The van der Waals surface area contributed by atoms with E-state index in [2.05, 4.69) is 13.8 Å². The van der Waals surface area contributed by atoms with Crippen molar-refractivity contribution in [3.05, 3.63) is 29.8 Å². The van der Waals surface area contributed by atoms with Crippen LogP contribution in [0.2, 0.25) is 0 Å². The molecule has 1 saturated heterocycles. The molecule has 1 aromatic rings. The van der Waals surface area contributed by atoms with Crippen LogP contribution in [0.5, 0.6) is 0 Å². The van der Waals surface area contributed by atoms with Crippen molar-refractivity contribution in [1.82, 2.24) is 9.21 Å². The fraction of sp³-hybridized carbons (Fsp3) is 0.562. The van der Waals surface area contributed by atoms with E-state index >= 15 is 0 Å². The smallest absolute Gasteiger partial charge is 0.243 e. The summed E-state index contributed by atoms with van der Waals surface area (Å²) in [5, 5.41) is 0. The number of carbonyl (C=O) groups is 1. The third-order valence-corrected chi connectivity index (χ3v) is 6.05. The van der Waals surface area contributed by atoms with Gasteiger partial charge in [0.05, 0.1) is 4.90 Å². The summed E-state index contributed by atoms with van der Waals surface area (Å²) in [6.07, 6.45) is 0.309. The lowest BCUT2D eigenvalue weighted by atomic mass is 10.0. The highest BCUT2D eigenvalue weighted by molar-refractivity contribution is 7.89. The molecule has 1 amide bonds. The van der Waals surface area contributed by atoms with Crippen molar-refractivity contribution in [2.75, 3.05) is 32.7 Å². The number of piperazine rings is 1. The van der Waals surface area contributed by atoms with Crippen molar-refractivity contribution in [3.8, 4) is 0 Å². The van der Waals surface area contributed by atoms with Gasteiger partial charge < -0.3 is 10.6 Å². The Hall–Kier alpha value is -1.15. The number of amides is 1. The molecule has 24 heavy (non-hydrogen) atoms. The van der Waals surface area contributed by atoms with Crippen LogP contribution < -0.4 is 5.73 Å². The summed E-state index contributed by atoms with van der Waals surface area (Å²) in [5.41, 5.74) is 6.50. The molecule has 0 aliphatic carbocycles. The third-order valence-electron chi connectivity index (χ3n) is 4.13. The minimum Gasteiger partial charge on any atom is -0.340 e. The SMILES string of the molecule is CC(C)c1ccc(S(=O)(=O)N2CCN(C(=O)CCN)CC2)cc1.Cl. The van der Waals surface area contributed by atoms with Crippen molar-refractivity contribution in [3.63, 3.8) is 0 Å². The van der Waals surface area contributed by atoms with E-state index in [1.165, 1.54) is 4.31 Å². The van der Waals surface area contributed by atoms with Crippen molar-refractivity contribution in [1.29, 1.82) is 0 Å². The quantitative estimate of drug-likeness (QED) is 0.843. The summed E-state index contributed by atoms with van der Waals surface area (Å²) in [6, 6.07) is 7.05. The lowest BCUT2D eigenvalue weighted by Crippen LogP contribution is -2.50. The molecule has 0 spiro atoms. The highest BCUT2D eigenvalue weighted by atomic mass is 35.5. The highest BCUT2D eigenvalue weighted by Gasteiger charge is 2.29. The zero-order chi connectivity index (χ0) is 17.0. The van der Waals surface area contributed by atoms with Crippen LogP contribution in [0, 0.1) is 0 Å². The van der Waals surface area contributed by atoms with Crippen LogP contribution in [0.3, 0.4) is 0 Å². The van der Waals surface area contributed by atoms with Crippen LogP contribution in [0.15, 0.2) is 29.2 Å². The van der Waals surface area contributed by atoms with Crippen LogP contribution in [0.4, 0.5) is 0 Å². The van der Waals surface area contributed by atoms with E-state index in [1.807, 2.05) is 12.1 Å². The number of sulfonamides is 1. The topological polar surface area (TPSA) is 83.7 Å². The van der Waals surface area contributed by atoms with Crippen molar-refractivity contribution < 1.29 is 13.2 Å². The van der Waals surface area contributed by atoms with Gasteiger partial charge in [-0.05, 0) is 23.6 Å². The molecule has 1 aromatic carbocycles. The van der Waals surface area contributed by atoms with Crippen molar-refractivity contribution >= 4 is 28.3 Å². The van der Waals surface area contributed by atoms with Crippen molar-refractivity contribution in [2.24, 2.45) is 5.73 Å². The number of halogens is 1. The molecule has 0 atom stereocenters. The minimum absolute atomic E-state index is 0. The van der Waals surface area contributed by atoms with E-state index < -0.39 is 10.0 Å². The molecule has 1 heterocycles. The fourth-order valence-corrected chi connectivity index (χ4v) is 4.06. The van der Waals surface area contributed by atoms with Crippen LogP contribution in [0.25, 0.3) is 0 Å². The van der Waals surface area contributed by atoms with Gasteiger partial charge in [-0.15, -0.1) is 12.4 Å². The second kappa shape index (κ2) is 8.80. The molecule has 2 N–H and O–H groups in total. The lowest BCUT2D eigenvalue weighted by Gasteiger charge is -2.34. The maximum Gasteiger partial charge on any atom is 0.243 e. The van der Waals surface area contributed by atoms with E-state index in [1.54, 1.807) is 17.0 Å². The molecule has 0 aromatic heterocycles. The van der Waals surface area contributed by atoms with Gasteiger partial charge in [0.15, 0.2) is 0 Å². The molecule has 0 saturated carbocycles. The van der Waals surface area contributed by atoms with Crippen LogP contribution >= 0.6 is 12.4 Å². The summed E-state index contributed by atoms with van der Waals surface area (Å²) < 4.78 is 26.8. The van der Waals surface area contributed by atoms with Crippen LogP contribution in [0.1, 0.15) is 31.7 Å². The van der Waals surface area contributed by atoms with Gasteiger partial charge in [-0.1, -0.05) is 26.0 Å². The van der Waals surface area contributed by atoms with E-state index in [0.717, 1.165) is 5.56 Å². The first-order valence-corrected chi connectivity index (χ1v) is 9.38. The molecule has 1 fully saturated rings. The Morgan fingerprint density at radius 3 is 2.12 bits per heavy atom. The molecule has 1 aliphatic heterocycles. The Labute approximate surface area is 150 Å². The second-order valence-corrected chi connectivity index (χ2v) is 7.99. The molecular formula is C16H26ClN3O3S. The summed E-state index contributed by atoms with van der Waals surface area (Å²) in [6.45, 7) is 5.95. The maximum atomic E-state index is 12.7. The van der Waals surface area contributed by atoms with Crippen LogP contribution in [-0.4, -0.2) is 56.3 Å². The van der Waals surface area contributed by atoms with E-state index in [4.69, 9.17) is 5.73 Å². The Morgan fingerprint density at radius 1 is 1.12 bits per heavy atom. The predicted octanol–water partition coefficient (Wildman–Crippen LogP) is 1.41. The van der Waals surface area contributed by atoms with Gasteiger partial charge >= 0.3 is 0 Å². The number of nitrogens with zero attached hydrogens (tertiary/aromatic N) is 2. The van der Waals surface area contributed by atoms with E-state index in [-0.39, 0.29) is 18.3 Å². The second-order valence-electron chi connectivity index (χ2n) is 6.05. The van der Waals surface area contributed by atoms with Gasteiger partial charge in [0.25, 0.3) is 0 Å². The molecule has 1 aliphatic rings. The molecular weight excluding hydrogens is 350 g/mol. The fourth-order valence-electron chi connectivity index (χ4n) is 2.63. The summed E-state index contributed by atoms with van der Waals surface area (Å²) in [4.78, 5) is 13.8. The molecule has 0 radical (unpaired) electrons. The van der Waals surface area contributed by atoms with Gasteiger partial charge in [0.1, 0.15) is 0 Å². The van der Waals surface area contributed by atoms with Crippen molar-refractivity contribution in [2.45, 2.75) is 31.1 Å². The molecule has 6 nitrogen and oxygen atoms in total. The molecule has 0 unspecified atom stereocenters. The maximum absolute atomic E-state index is 12.7. The molecule has 8 heteroatoms. The minimum atomic E-state index is -3.50. The Bertz CT molecular complexity index is 639. The zero-order valence-electron chi connectivity index (χ0n) is 14.1. The first-order valence-electron chi connectivity index (χ1n) is 7.94. The van der Waals surface area contributed by atoms with Gasteiger partial charge in [-0.3, -0.25) is 4.79 Å². The Balaban J connectivity index is 0.00000288. The summed E-state index contributed by atoms with van der Waals surface area (Å²) in [7, 11) is -3.50. The summed E-state index contributed by atoms with van der Waals surface area (Å²) >= 11 is 0. The standard InChI is InChI=1S/C16H25N3O3S.ClH/c1-13(2)14-3-5-15(6-4-14)23(21,22)19-11-9-18(10-12-19)16(20)7-8-17;/h3-6,13H,7-12,17H2,1-2H3;1H. The average Bonchev–Trinajstić information content (AvgIpc) is 2.55. The number of hydrogen-bond donors (Lipinski definition) is 1. The lowest BCUT2D eigenvalue weighted by molar-refractivity contribution is -0.132. The Kier molecular flexibility index (Phi) is 7.66. The first kappa shape index (κ1) is 20.9. The van der Waals surface area contributed by atoms with E-state index in [0.29, 0.717) is 50.0 Å². The van der Waals surface area contributed by atoms with Gasteiger partial charge in [0.2, 0.25) is 15.9 Å². The van der Waals surface area contributed by atoms with Gasteiger partial charge in [-0.2, -0.15) is 4.31 Å². The molecule has 2 rings (SSSR count). The normalized spacial score (nSPS) is 16.1. The summed E-state index contributed by atoms with van der Waals surface area (Å²) in [5.74, 6) is 0.356. The largest absolute Gasteiger partial charge is 0.340 e. The number of benzene rings is 1. The van der Waals surface area contributed by atoms with Crippen LogP contribution in [-0.2, 0) is 14.8 Å². The van der Waals surface area contributed by atoms with Gasteiger partial charge in [-0.25, -0.2) is 8.42 Å². The molecule has 136 valence electrons. The monoisotopic (exact) mass is 375 g/mol. The highest BCUT2D eigenvalue weighted by Crippen LogP contribution is 2.21. The Morgan fingerprint density at radius 2 is 1.67 bits per heavy atom. The van der Waals surface area contributed by atoms with Gasteiger partial charge in [0, 0.05) is 39.1 Å². The first-order chi connectivity index (χ1) is 10.9. The predicted molar refractivity (Wildman–Crippen MR) is 96.8 cm³/mol. The number of nitrogens with two attached hydrogens (primary N) is 1. The number of hydrogen-bond acceptors (Lipinski definition) is 4. The third kappa shape index (κ3) is 4.69. The van der Waals surface area contributed by atoms with E-state index in [9.17, 15) is 13.2 Å². The average molecular weight is 376 g/mol. The molecule has 0 bridgehead atoms. The number of carbonyl (C=O) groups excluding carboxylic acids is 1.